The molecule has 0 rings (SSSR count). The van der Waals surface area contributed by atoms with Crippen LogP contribution in [0.25, 0.3) is 0 Å². The Labute approximate surface area is 150 Å². The molecular formula is C14H34O6S2Si2. The van der Waals surface area contributed by atoms with Crippen LogP contribution in [0.2, 0.25) is 22.2 Å². The highest BCUT2D eigenvalue weighted by Gasteiger charge is 2.69. The molecule has 0 aromatic carbocycles. The van der Waals surface area contributed by atoms with Crippen molar-refractivity contribution >= 4 is 35.9 Å². The van der Waals surface area contributed by atoms with Crippen molar-refractivity contribution < 1.29 is 24.6 Å². The van der Waals surface area contributed by atoms with Gasteiger partial charge < -0.3 is 7.74 Å². The molecule has 0 aliphatic carbocycles. The summed E-state index contributed by atoms with van der Waals surface area (Å²) < 4.78 is 60.3. The van der Waals surface area contributed by atoms with Gasteiger partial charge in [-0.05, 0) is 22.2 Å². The third-order valence-electron chi connectivity index (χ3n) is 4.62. The summed E-state index contributed by atoms with van der Waals surface area (Å²) in [6.07, 6.45) is 2.08. The summed E-state index contributed by atoms with van der Waals surface area (Å²) in [5.74, 6) is 0. The predicted octanol–water partition coefficient (Wildman–Crippen LogP) is 3.55. The Balaban J connectivity index is 7.02. The van der Waals surface area contributed by atoms with E-state index >= 15 is 0 Å². The van der Waals surface area contributed by atoms with Gasteiger partial charge in [0.05, 0.1) is 12.5 Å². The first-order valence-electron chi connectivity index (χ1n) is 8.25. The van der Waals surface area contributed by atoms with Crippen molar-refractivity contribution in [2.75, 3.05) is 12.5 Å². The van der Waals surface area contributed by atoms with Gasteiger partial charge in [0.2, 0.25) is 15.7 Å². The maximum absolute atomic E-state index is 12.1. The Morgan fingerprint density at radius 2 is 0.708 bits per heavy atom. The van der Waals surface area contributed by atoms with Crippen molar-refractivity contribution in [1.29, 1.82) is 0 Å². The molecule has 0 aromatic heterocycles. The standard InChI is InChI=1S/C14H34O6S2Si2/c1-11(2)23(12(3)4,19-21(9,15)16)24(13(5)6,14(7)8)20-22(10,17)18/h11-14H,1-10H3. The Kier molecular flexibility index (Phi) is 7.95. The monoisotopic (exact) mass is 418 g/mol. The van der Waals surface area contributed by atoms with Gasteiger partial charge in [-0.25, -0.2) is 16.8 Å². The molecule has 0 N–H and O–H groups in total. The van der Waals surface area contributed by atoms with Crippen LogP contribution < -0.4 is 0 Å². The van der Waals surface area contributed by atoms with Gasteiger partial charge >= 0.3 is 0 Å². The van der Waals surface area contributed by atoms with Gasteiger partial charge in [0, 0.05) is 0 Å². The van der Waals surface area contributed by atoms with Crippen molar-refractivity contribution in [3.8, 4) is 0 Å². The van der Waals surface area contributed by atoms with E-state index < -0.39 is 35.9 Å². The number of rotatable bonds is 9. The minimum Gasteiger partial charge on any atom is -0.315 e. The summed E-state index contributed by atoms with van der Waals surface area (Å²) in [4.78, 5) is 0. The molecule has 0 amide bonds. The summed E-state index contributed by atoms with van der Waals surface area (Å²) in [7, 11) is -13.8. The van der Waals surface area contributed by atoms with Crippen LogP contribution in [-0.4, -0.2) is 45.0 Å². The van der Waals surface area contributed by atoms with E-state index in [4.69, 9.17) is 7.74 Å². The maximum atomic E-state index is 12.1. The first-order chi connectivity index (χ1) is 10.4. The molecule has 0 aliphatic rings. The van der Waals surface area contributed by atoms with E-state index in [-0.39, 0.29) is 22.2 Å². The zero-order valence-corrected chi connectivity index (χ0v) is 20.2. The summed E-state index contributed by atoms with van der Waals surface area (Å²) in [5.41, 5.74) is -0.424. The van der Waals surface area contributed by atoms with E-state index in [9.17, 15) is 16.8 Å². The molecule has 0 saturated heterocycles. The van der Waals surface area contributed by atoms with Crippen molar-refractivity contribution in [3.63, 3.8) is 0 Å². The summed E-state index contributed by atoms with van der Waals surface area (Å²) >= 11 is 0. The van der Waals surface area contributed by atoms with Crippen LogP contribution >= 0.6 is 0 Å². The molecular weight excluding hydrogens is 384 g/mol. The zero-order chi connectivity index (χ0) is 19.7. The molecule has 0 saturated carbocycles. The molecule has 0 spiro atoms. The lowest BCUT2D eigenvalue weighted by atomic mass is 10.5. The lowest BCUT2D eigenvalue weighted by Gasteiger charge is -2.53. The fraction of sp³-hybridized carbons (Fsp3) is 1.00. The van der Waals surface area contributed by atoms with Crippen molar-refractivity contribution in [2.24, 2.45) is 0 Å². The SMILES string of the molecule is CC(C)[Si](OS(C)(=O)=O)(C(C)C)[Si](OS(C)(=O)=O)(C(C)C)C(C)C. The van der Waals surface area contributed by atoms with Crippen molar-refractivity contribution in [2.45, 2.75) is 77.6 Å². The zero-order valence-electron chi connectivity index (χ0n) is 16.6. The van der Waals surface area contributed by atoms with E-state index in [0.29, 0.717) is 0 Å². The molecule has 0 heterocycles. The molecule has 0 unspecified atom stereocenters. The van der Waals surface area contributed by atoms with Gasteiger partial charge in [0.1, 0.15) is 0 Å². The average Bonchev–Trinajstić information content (AvgIpc) is 2.29. The minimum atomic E-state index is -3.76. The lowest BCUT2D eigenvalue weighted by molar-refractivity contribution is 0.440. The summed E-state index contributed by atoms with van der Waals surface area (Å²) in [6.45, 7) is 15.4. The van der Waals surface area contributed by atoms with E-state index in [1.807, 2.05) is 55.4 Å². The Bertz CT molecular complexity index is 552. The smallest absolute Gasteiger partial charge is 0.254 e. The topological polar surface area (TPSA) is 86.7 Å². The van der Waals surface area contributed by atoms with Crippen LogP contribution in [0, 0.1) is 0 Å². The molecule has 6 nitrogen and oxygen atoms in total. The molecule has 146 valence electrons. The number of hydrogen-bond donors (Lipinski definition) is 0. The van der Waals surface area contributed by atoms with E-state index in [2.05, 4.69) is 0 Å². The second kappa shape index (κ2) is 7.87. The number of hydrogen-bond acceptors (Lipinski definition) is 6. The van der Waals surface area contributed by atoms with Crippen LogP contribution in [0.3, 0.4) is 0 Å². The first-order valence-corrected chi connectivity index (χ1v) is 17.0. The molecule has 0 atom stereocenters. The maximum Gasteiger partial charge on any atom is 0.254 e. The second-order valence-corrected chi connectivity index (χ2v) is 24.4. The Hall–Kier alpha value is 0.254. The highest BCUT2D eigenvalue weighted by atomic mass is 32.2. The summed E-state index contributed by atoms with van der Waals surface area (Å²) in [6, 6.07) is 0. The van der Waals surface area contributed by atoms with Gasteiger partial charge in [-0.1, -0.05) is 55.4 Å². The van der Waals surface area contributed by atoms with Crippen LogP contribution in [0.1, 0.15) is 55.4 Å². The normalized spacial score (nSPS) is 15.1. The second-order valence-electron chi connectivity index (χ2n) is 7.78. The fourth-order valence-electron chi connectivity index (χ4n) is 4.15. The summed E-state index contributed by atoms with van der Waals surface area (Å²) in [5, 5.41) is 0. The van der Waals surface area contributed by atoms with E-state index in [1.165, 1.54) is 0 Å². The van der Waals surface area contributed by atoms with Crippen molar-refractivity contribution in [1.82, 2.24) is 0 Å². The fourth-order valence-corrected chi connectivity index (χ4v) is 34.5. The average molecular weight is 419 g/mol. The van der Waals surface area contributed by atoms with Crippen LogP contribution in [0.15, 0.2) is 0 Å². The van der Waals surface area contributed by atoms with Gasteiger partial charge in [-0.2, -0.15) is 0 Å². The van der Waals surface area contributed by atoms with Gasteiger partial charge in [0.25, 0.3) is 20.2 Å². The Morgan fingerprint density at radius 3 is 0.792 bits per heavy atom. The molecule has 10 heteroatoms. The van der Waals surface area contributed by atoms with Crippen LogP contribution in [-0.2, 0) is 28.0 Å². The largest absolute Gasteiger partial charge is 0.315 e. The molecule has 0 radical (unpaired) electrons. The molecule has 0 fully saturated rings. The van der Waals surface area contributed by atoms with Gasteiger partial charge in [-0.15, -0.1) is 0 Å². The highest BCUT2D eigenvalue weighted by Crippen LogP contribution is 2.52. The third-order valence-corrected chi connectivity index (χ3v) is 29.4. The Morgan fingerprint density at radius 1 is 0.542 bits per heavy atom. The van der Waals surface area contributed by atoms with Gasteiger partial charge in [-0.3, -0.25) is 0 Å². The van der Waals surface area contributed by atoms with Gasteiger partial charge in [0.15, 0.2) is 0 Å². The quantitative estimate of drug-likeness (QED) is 0.532. The molecule has 0 aliphatic heterocycles. The molecule has 0 bridgehead atoms. The minimum absolute atomic E-state index is 0.106. The first kappa shape index (κ1) is 24.3. The lowest BCUT2D eigenvalue weighted by Crippen LogP contribution is -2.73. The van der Waals surface area contributed by atoms with E-state index in [1.54, 1.807) is 0 Å². The van der Waals surface area contributed by atoms with E-state index in [0.717, 1.165) is 12.5 Å². The van der Waals surface area contributed by atoms with Crippen molar-refractivity contribution in [3.05, 3.63) is 0 Å². The van der Waals surface area contributed by atoms with Crippen LogP contribution in [0.4, 0.5) is 0 Å². The molecule has 24 heavy (non-hydrogen) atoms. The molecule has 0 aromatic rings. The predicted molar refractivity (Wildman–Crippen MR) is 104 cm³/mol. The third kappa shape index (κ3) is 4.91. The highest BCUT2D eigenvalue weighted by molar-refractivity contribution is 7.89. The van der Waals surface area contributed by atoms with Crippen LogP contribution in [0.5, 0.6) is 0 Å².